The Hall–Kier alpha value is -1.85. The van der Waals surface area contributed by atoms with Crippen molar-refractivity contribution < 1.29 is 4.39 Å². The van der Waals surface area contributed by atoms with Crippen molar-refractivity contribution in [2.24, 2.45) is 0 Å². The lowest BCUT2D eigenvalue weighted by Crippen LogP contribution is -2.32. The summed E-state index contributed by atoms with van der Waals surface area (Å²) in [6.45, 7) is 0. The van der Waals surface area contributed by atoms with Crippen LogP contribution in [0.25, 0.3) is 0 Å². The molecule has 3 heteroatoms. The molecule has 106 valence electrons. The molecule has 0 heterocycles. The van der Waals surface area contributed by atoms with Crippen molar-refractivity contribution in [3.8, 4) is 6.07 Å². The van der Waals surface area contributed by atoms with Gasteiger partial charge >= 0.3 is 0 Å². The Balaban J connectivity index is 2.05. The average molecular weight is 300 g/mol. The quantitative estimate of drug-likeness (QED) is 0.780. The predicted octanol–water partition coefficient (Wildman–Crippen LogP) is 4.82. The van der Waals surface area contributed by atoms with E-state index in [0.717, 1.165) is 24.8 Å². The van der Waals surface area contributed by atoms with Crippen LogP contribution in [0.4, 0.5) is 4.39 Å². The summed E-state index contributed by atoms with van der Waals surface area (Å²) in [4.78, 5) is 0. The molecule has 1 nitrogen and oxygen atoms in total. The second-order valence-corrected chi connectivity index (χ2v) is 6.05. The van der Waals surface area contributed by atoms with E-state index in [-0.39, 0.29) is 5.82 Å². The summed E-state index contributed by atoms with van der Waals surface area (Å²) < 4.78 is 14.1. The van der Waals surface area contributed by atoms with E-state index in [0.29, 0.717) is 17.0 Å². The largest absolute Gasteiger partial charge is 0.207 e. The fourth-order valence-corrected chi connectivity index (χ4v) is 3.41. The third-order valence-electron chi connectivity index (χ3n) is 4.30. The molecule has 0 fully saturated rings. The van der Waals surface area contributed by atoms with E-state index in [1.54, 1.807) is 12.1 Å². The topological polar surface area (TPSA) is 23.8 Å². The normalized spacial score (nSPS) is 20.6. The minimum Gasteiger partial charge on any atom is -0.207 e. The fraction of sp³-hybridized carbons (Fsp3) is 0.278. The summed E-state index contributed by atoms with van der Waals surface area (Å²) in [6, 6.07) is 15.2. The minimum atomic E-state index is -0.635. The van der Waals surface area contributed by atoms with Crippen molar-refractivity contribution in [3.05, 3.63) is 70.0 Å². The molecule has 0 spiro atoms. The Labute approximate surface area is 129 Å². The van der Waals surface area contributed by atoms with Gasteiger partial charge in [-0.15, -0.1) is 0 Å². The molecule has 0 saturated heterocycles. The van der Waals surface area contributed by atoms with Gasteiger partial charge in [-0.1, -0.05) is 41.9 Å². The summed E-state index contributed by atoms with van der Waals surface area (Å²) >= 11 is 5.80. The molecule has 0 bridgehead atoms. The van der Waals surface area contributed by atoms with Crippen molar-refractivity contribution in [2.75, 3.05) is 0 Å². The monoisotopic (exact) mass is 299 g/mol. The first-order chi connectivity index (χ1) is 10.1. The number of fused-ring (bicyclic) bond motifs is 1. The molecule has 0 N–H and O–H groups in total. The molecular formula is C18H15ClFN. The van der Waals surface area contributed by atoms with Gasteiger partial charge in [0.05, 0.1) is 11.5 Å². The summed E-state index contributed by atoms with van der Waals surface area (Å²) in [5.41, 5.74) is 2.18. The summed E-state index contributed by atoms with van der Waals surface area (Å²) in [7, 11) is 0. The lowest BCUT2D eigenvalue weighted by molar-refractivity contribution is 0.441. The van der Waals surface area contributed by atoms with E-state index in [1.165, 1.54) is 11.6 Å². The number of benzene rings is 2. The summed E-state index contributed by atoms with van der Waals surface area (Å²) in [5.74, 6) is -0.333. The Bertz CT molecular complexity index is 719. The van der Waals surface area contributed by atoms with Crippen LogP contribution in [0.1, 0.15) is 29.5 Å². The SMILES string of the molecule is N#CC1(Cc2ccc(Cl)cc2F)CCCc2ccccc21. The fourth-order valence-electron chi connectivity index (χ4n) is 3.25. The molecule has 0 aromatic heterocycles. The standard InChI is InChI=1S/C18H15ClFN/c19-15-8-7-14(17(20)10-15)11-18(12-21)9-3-5-13-4-1-2-6-16(13)18/h1-2,4,6-8,10H,3,5,9,11H2. The van der Waals surface area contributed by atoms with Gasteiger partial charge < -0.3 is 0 Å². The van der Waals surface area contributed by atoms with Crippen LogP contribution in [-0.2, 0) is 18.3 Å². The predicted molar refractivity (Wildman–Crippen MR) is 81.8 cm³/mol. The third-order valence-corrected chi connectivity index (χ3v) is 4.54. The number of hydrogen-bond acceptors (Lipinski definition) is 1. The first kappa shape index (κ1) is 14.1. The average Bonchev–Trinajstić information content (AvgIpc) is 2.50. The second kappa shape index (κ2) is 5.50. The Morgan fingerprint density at radius 1 is 1.24 bits per heavy atom. The zero-order valence-electron chi connectivity index (χ0n) is 11.6. The van der Waals surface area contributed by atoms with E-state index in [9.17, 15) is 9.65 Å². The van der Waals surface area contributed by atoms with Crippen LogP contribution >= 0.6 is 11.6 Å². The van der Waals surface area contributed by atoms with Gasteiger partial charge in [-0.3, -0.25) is 0 Å². The summed E-state index contributed by atoms with van der Waals surface area (Å²) in [5, 5.41) is 10.2. The van der Waals surface area contributed by atoms with Gasteiger partial charge in [-0.2, -0.15) is 5.26 Å². The number of aryl methyl sites for hydroxylation is 1. The van der Waals surface area contributed by atoms with Gasteiger partial charge in [0.1, 0.15) is 5.82 Å². The highest BCUT2D eigenvalue weighted by atomic mass is 35.5. The molecular weight excluding hydrogens is 285 g/mol. The van der Waals surface area contributed by atoms with Gasteiger partial charge in [0, 0.05) is 5.02 Å². The van der Waals surface area contributed by atoms with Crippen molar-refractivity contribution in [1.29, 1.82) is 5.26 Å². The highest BCUT2D eigenvalue weighted by Gasteiger charge is 2.37. The highest BCUT2D eigenvalue weighted by Crippen LogP contribution is 2.40. The number of rotatable bonds is 2. The maximum atomic E-state index is 14.1. The van der Waals surface area contributed by atoms with Crippen molar-refractivity contribution in [2.45, 2.75) is 31.1 Å². The molecule has 1 atom stereocenters. The smallest absolute Gasteiger partial charge is 0.127 e. The van der Waals surface area contributed by atoms with Crippen LogP contribution in [-0.4, -0.2) is 0 Å². The van der Waals surface area contributed by atoms with Gasteiger partial charge in [0.2, 0.25) is 0 Å². The minimum absolute atomic E-state index is 0.333. The Morgan fingerprint density at radius 3 is 2.81 bits per heavy atom. The number of hydrogen-bond donors (Lipinski definition) is 0. The number of nitrogens with zero attached hydrogens (tertiary/aromatic N) is 1. The molecule has 0 aliphatic heterocycles. The van der Waals surface area contributed by atoms with Crippen LogP contribution in [0.3, 0.4) is 0 Å². The van der Waals surface area contributed by atoms with Crippen LogP contribution < -0.4 is 0 Å². The lowest BCUT2D eigenvalue weighted by Gasteiger charge is -2.33. The Kier molecular flexibility index (Phi) is 3.69. The highest BCUT2D eigenvalue weighted by molar-refractivity contribution is 6.30. The van der Waals surface area contributed by atoms with Crippen molar-refractivity contribution >= 4 is 11.6 Å². The second-order valence-electron chi connectivity index (χ2n) is 5.62. The van der Waals surface area contributed by atoms with E-state index >= 15 is 0 Å². The van der Waals surface area contributed by atoms with E-state index in [2.05, 4.69) is 12.1 Å². The molecule has 0 amide bonds. The van der Waals surface area contributed by atoms with E-state index < -0.39 is 5.41 Å². The zero-order chi connectivity index (χ0) is 14.9. The zero-order valence-corrected chi connectivity index (χ0v) is 12.3. The number of halogens is 2. The molecule has 2 aromatic carbocycles. The van der Waals surface area contributed by atoms with Crippen LogP contribution in [0.15, 0.2) is 42.5 Å². The molecule has 2 aromatic rings. The molecule has 0 radical (unpaired) electrons. The first-order valence-corrected chi connectivity index (χ1v) is 7.46. The van der Waals surface area contributed by atoms with Crippen molar-refractivity contribution in [3.63, 3.8) is 0 Å². The maximum absolute atomic E-state index is 14.1. The number of nitriles is 1. The van der Waals surface area contributed by atoms with Gasteiger partial charge in [0.15, 0.2) is 0 Å². The molecule has 3 rings (SSSR count). The first-order valence-electron chi connectivity index (χ1n) is 7.08. The third kappa shape index (κ3) is 2.54. The molecule has 1 unspecified atom stereocenters. The van der Waals surface area contributed by atoms with Crippen LogP contribution in [0.2, 0.25) is 5.02 Å². The van der Waals surface area contributed by atoms with Crippen LogP contribution in [0, 0.1) is 17.1 Å². The van der Waals surface area contributed by atoms with E-state index in [4.69, 9.17) is 11.6 Å². The molecule has 1 aliphatic rings. The molecule has 0 saturated carbocycles. The summed E-state index contributed by atoms with van der Waals surface area (Å²) in [6.07, 6.45) is 3.11. The molecule has 1 aliphatic carbocycles. The van der Waals surface area contributed by atoms with E-state index in [1.807, 2.05) is 18.2 Å². The van der Waals surface area contributed by atoms with Crippen molar-refractivity contribution in [1.82, 2.24) is 0 Å². The van der Waals surface area contributed by atoms with Gasteiger partial charge in [-0.25, -0.2) is 4.39 Å². The van der Waals surface area contributed by atoms with Gasteiger partial charge in [-0.05, 0) is 54.5 Å². The maximum Gasteiger partial charge on any atom is 0.127 e. The van der Waals surface area contributed by atoms with Gasteiger partial charge in [0.25, 0.3) is 0 Å². The van der Waals surface area contributed by atoms with Crippen LogP contribution in [0.5, 0.6) is 0 Å². The Morgan fingerprint density at radius 2 is 2.05 bits per heavy atom. The lowest BCUT2D eigenvalue weighted by atomic mass is 9.68. The molecule has 21 heavy (non-hydrogen) atoms.